The van der Waals surface area contributed by atoms with E-state index in [1.54, 1.807) is 42.5 Å². The molecule has 3 aromatic carbocycles. The van der Waals surface area contributed by atoms with E-state index in [9.17, 15) is 14.0 Å². The second-order valence-corrected chi connectivity index (χ2v) is 6.53. The first-order chi connectivity index (χ1) is 15.1. The molecule has 0 saturated carbocycles. The molecule has 4 rings (SSSR count). The minimum atomic E-state index is -0.680. The molecule has 1 aliphatic heterocycles. The van der Waals surface area contributed by atoms with E-state index in [4.69, 9.17) is 14.2 Å². The molecule has 1 N–H and O–H groups in total. The summed E-state index contributed by atoms with van der Waals surface area (Å²) in [4.78, 5) is 24.4. The van der Waals surface area contributed by atoms with Gasteiger partial charge in [-0.2, -0.15) is 5.10 Å². The molecule has 0 aromatic heterocycles. The van der Waals surface area contributed by atoms with E-state index < -0.39 is 17.7 Å². The van der Waals surface area contributed by atoms with Crippen LogP contribution >= 0.6 is 0 Å². The van der Waals surface area contributed by atoms with Crippen LogP contribution in [0, 0.1) is 5.82 Å². The van der Waals surface area contributed by atoms with Crippen molar-refractivity contribution in [2.24, 2.45) is 5.10 Å². The molecule has 31 heavy (non-hydrogen) atoms. The van der Waals surface area contributed by atoms with E-state index in [2.05, 4.69) is 10.5 Å². The third kappa shape index (κ3) is 5.05. The van der Waals surface area contributed by atoms with Crippen molar-refractivity contribution in [3.8, 4) is 17.2 Å². The quantitative estimate of drug-likeness (QED) is 0.295. The Kier molecular flexibility index (Phi) is 5.89. The van der Waals surface area contributed by atoms with Crippen LogP contribution in [0.25, 0.3) is 0 Å². The number of hydrogen-bond acceptors (Lipinski definition) is 6. The molecule has 156 valence electrons. The maximum Gasteiger partial charge on any atom is 0.343 e. The molecular weight excluding hydrogens is 403 g/mol. The van der Waals surface area contributed by atoms with Gasteiger partial charge in [-0.15, -0.1) is 0 Å². The minimum Gasteiger partial charge on any atom is -0.486 e. The van der Waals surface area contributed by atoms with Crippen LogP contribution in [0.2, 0.25) is 0 Å². The molecule has 0 spiro atoms. The van der Waals surface area contributed by atoms with Crippen LogP contribution in [-0.2, 0) is 0 Å². The number of benzene rings is 3. The lowest BCUT2D eigenvalue weighted by Crippen LogP contribution is -2.19. The van der Waals surface area contributed by atoms with Gasteiger partial charge in [-0.3, -0.25) is 4.79 Å². The number of rotatable bonds is 5. The summed E-state index contributed by atoms with van der Waals surface area (Å²) in [7, 11) is 0. The van der Waals surface area contributed by atoms with Crippen molar-refractivity contribution in [3.63, 3.8) is 0 Å². The minimum absolute atomic E-state index is 0.103. The number of carbonyl (C=O) groups is 2. The van der Waals surface area contributed by atoms with Crippen LogP contribution in [0.3, 0.4) is 0 Å². The van der Waals surface area contributed by atoms with Gasteiger partial charge in [0.05, 0.1) is 11.8 Å². The molecular formula is C23H17FN2O5. The fraction of sp³-hybridized carbons (Fsp3) is 0.0870. The third-order valence-corrected chi connectivity index (χ3v) is 4.31. The van der Waals surface area contributed by atoms with Crippen molar-refractivity contribution in [2.75, 3.05) is 13.2 Å². The van der Waals surface area contributed by atoms with E-state index >= 15 is 0 Å². The number of nitrogens with one attached hydrogen (secondary N) is 1. The van der Waals surface area contributed by atoms with E-state index in [0.717, 1.165) is 6.07 Å². The van der Waals surface area contributed by atoms with Gasteiger partial charge in [0.15, 0.2) is 11.5 Å². The summed E-state index contributed by atoms with van der Waals surface area (Å²) in [5, 5.41) is 3.93. The van der Waals surface area contributed by atoms with E-state index in [1.807, 2.05) is 0 Å². The molecule has 7 nitrogen and oxygen atoms in total. The maximum absolute atomic E-state index is 13.3. The van der Waals surface area contributed by atoms with E-state index in [0.29, 0.717) is 35.8 Å². The zero-order valence-electron chi connectivity index (χ0n) is 16.2. The van der Waals surface area contributed by atoms with Crippen molar-refractivity contribution >= 4 is 18.1 Å². The average Bonchev–Trinajstić information content (AvgIpc) is 2.79. The zero-order chi connectivity index (χ0) is 21.6. The molecule has 1 heterocycles. The standard InChI is InChI=1S/C23H17FN2O5/c24-18-5-2-4-17(12-18)23(28)31-19-6-1-3-15(11-19)14-25-26-22(27)16-7-8-20-21(13-16)30-10-9-29-20/h1-8,11-14H,9-10H2,(H,26,27). The van der Waals surface area contributed by atoms with Crippen LogP contribution in [0.4, 0.5) is 4.39 Å². The number of fused-ring (bicyclic) bond motifs is 1. The van der Waals surface area contributed by atoms with Crippen LogP contribution in [-0.4, -0.2) is 31.3 Å². The number of amides is 1. The predicted octanol–water partition coefficient (Wildman–Crippen LogP) is 3.58. The molecule has 0 atom stereocenters. The van der Waals surface area contributed by atoms with Gasteiger partial charge in [-0.1, -0.05) is 18.2 Å². The van der Waals surface area contributed by atoms with Crippen molar-refractivity contribution in [1.29, 1.82) is 0 Å². The summed E-state index contributed by atoms with van der Waals surface area (Å²) in [6.07, 6.45) is 1.41. The highest BCUT2D eigenvalue weighted by molar-refractivity contribution is 5.95. The summed E-state index contributed by atoms with van der Waals surface area (Å²) < 4.78 is 29.4. The fourth-order valence-corrected chi connectivity index (χ4v) is 2.85. The summed E-state index contributed by atoms with van der Waals surface area (Å²) in [6, 6.07) is 16.6. The monoisotopic (exact) mass is 420 g/mol. The van der Waals surface area contributed by atoms with Crippen LogP contribution in [0.1, 0.15) is 26.3 Å². The van der Waals surface area contributed by atoms with E-state index in [-0.39, 0.29) is 11.3 Å². The SMILES string of the molecule is O=C(NN=Cc1cccc(OC(=O)c2cccc(F)c2)c1)c1ccc2c(c1)OCCO2. The summed E-state index contributed by atoms with van der Waals surface area (Å²) in [6.45, 7) is 0.899. The van der Waals surface area contributed by atoms with Gasteiger partial charge in [0, 0.05) is 5.56 Å². The lowest BCUT2D eigenvalue weighted by Gasteiger charge is -2.18. The summed E-state index contributed by atoms with van der Waals surface area (Å²) in [5.41, 5.74) is 3.50. The molecule has 8 heteroatoms. The van der Waals surface area contributed by atoms with E-state index in [1.165, 1.54) is 24.4 Å². The van der Waals surface area contributed by atoms with Crippen LogP contribution in [0.5, 0.6) is 17.2 Å². The van der Waals surface area contributed by atoms with Crippen molar-refractivity contribution < 1.29 is 28.2 Å². The van der Waals surface area contributed by atoms with Crippen LogP contribution in [0.15, 0.2) is 71.8 Å². The lowest BCUT2D eigenvalue weighted by molar-refractivity contribution is 0.0734. The second-order valence-electron chi connectivity index (χ2n) is 6.53. The van der Waals surface area contributed by atoms with Gasteiger partial charge in [-0.25, -0.2) is 14.6 Å². The molecule has 1 aliphatic rings. The van der Waals surface area contributed by atoms with Gasteiger partial charge >= 0.3 is 5.97 Å². The number of nitrogens with zero attached hydrogens (tertiary/aromatic N) is 1. The number of esters is 1. The Hall–Kier alpha value is -4.20. The first kappa shape index (κ1) is 20.1. The van der Waals surface area contributed by atoms with Gasteiger partial charge in [0.1, 0.15) is 24.8 Å². The zero-order valence-corrected chi connectivity index (χ0v) is 16.2. The number of ether oxygens (including phenoxy) is 3. The third-order valence-electron chi connectivity index (χ3n) is 4.31. The largest absolute Gasteiger partial charge is 0.486 e. The highest BCUT2D eigenvalue weighted by atomic mass is 19.1. The Morgan fingerprint density at radius 1 is 0.935 bits per heavy atom. The number of hydrazone groups is 1. The Balaban J connectivity index is 1.38. The first-order valence-electron chi connectivity index (χ1n) is 9.39. The maximum atomic E-state index is 13.3. The Morgan fingerprint density at radius 3 is 2.58 bits per heavy atom. The topological polar surface area (TPSA) is 86.2 Å². The second kappa shape index (κ2) is 9.08. The normalized spacial score (nSPS) is 12.4. The number of halogens is 1. The highest BCUT2D eigenvalue weighted by Gasteiger charge is 2.14. The molecule has 0 saturated heterocycles. The summed E-state index contributed by atoms with van der Waals surface area (Å²) >= 11 is 0. The van der Waals surface area contributed by atoms with Crippen LogP contribution < -0.4 is 19.6 Å². The lowest BCUT2D eigenvalue weighted by atomic mass is 10.2. The fourth-order valence-electron chi connectivity index (χ4n) is 2.85. The molecule has 0 unspecified atom stereocenters. The molecule has 0 fully saturated rings. The van der Waals surface area contributed by atoms with Gasteiger partial charge in [-0.05, 0) is 54.1 Å². The number of carbonyl (C=O) groups excluding carboxylic acids is 2. The Bertz CT molecular complexity index is 1160. The highest BCUT2D eigenvalue weighted by Crippen LogP contribution is 2.30. The predicted molar refractivity (Wildman–Crippen MR) is 110 cm³/mol. The molecule has 0 aliphatic carbocycles. The van der Waals surface area contributed by atoms with Gasteiger partial charge < -0.3 is 14.2 Å². The first-order valence-corrected chi connectivity index (χ1v) is 9.39. The Labute approximate surface area is 177 Å². The Morgan fingerprint density at radius 2 is 1.74 bits per heavy atom. The smallest absolute Gasteiger partial charge is 0.343 e. The van der Waals surface area contributed by atoms with Gasteiger partial charge in [0.2, 0.25) is 0 Å². The average molecular weight is 420 g/mol. The molecule has 3 aromatic rings. The molecule has 0 bridgehead atoms. The summed E-state index contributed by atoms with van der Waals surface area (Å²) in [5.74, 6) is -0.255. The molecule has 0 radical (unpaired) electrons. The van der Waals surface area contributed by atoms with Gasteiger partial charge in [0.25, 0.3) is 5.91 Å². The molecule has 1 amide bonds. The van der Waals surface area contributed by atoms with Crippen molar-refractivity contribution in [2.45, 2.75) is 0 Å². The van der Waals surface area contributed by atoms with Crippen molar-refractivity contribution in [3.05, 3.63) is 89.2 Å². The number of hydrogen-bond donors (Lipinski definition) is 1. The van der Waals surface area contributed by atoms with Crippen molar-refractivity contribution in [1.82, 2.24) is 5.43 Å².